The van der Waals surface area contributed by atoms with Gasteiger partial charge >= 0.3 is 0 Å². The Bertz CT molecular complexity index is 792. The molecule has 0 saturated heterocycles. The summed E-state index contributed by atoms with van der Waals surface area (Å²) in [6.07, 6.45) is 14.7. The zero-order valence-corrected chi connectivity index (χ0v) is 19.4. The third-order valence-electron chi connectivity index (χ3n) is 6.42. The molecule has 1 saturated carbocycles. The van der Waals surface area contributed by atoms with E-state index < -0.39 is 0 Å². The van der Waals surface area contributed by atoms with E-state index in [1.54, 1.807) is 11.1 Å². The van der Waals surface area contributed by atoms with Gasteiger partial charge in [0.1, 0.15) is 0 Å². The zero-order valence-electron chi connectivity index (χ0n) is 17.0. The van der Waals surface area contributed by atoms with Crippen LogP contribution >= 0.6 is 0 Å². The Morgan fingerprint density at radius 3 is 2.37 bits per heavy atom. The van der Waals surface area contributed by atoms with Crippen molar-refractivity contribution in [2.75, 3.05) is 0 Å². The molecule has 1 fully saturated rings. The predicted molar refractivity (Wildman–Crippen MR) is 113 cm³/mol. The second-order valence-electron chi connectivity index (χ2n) is 8.46. The summed E-state index contributed by atoms with van der Waals surface area (Å²) < 4.78 is 0. The molecule has 2 aromatic carbocycles. The molecule has 1 heteroatoms. The molecule has 0 bridgehead atoms. The van der Waals surface area contributed by atoms with Crippen molar-refractivity contribution in [2.24, 2.45) is 5.92 Å². The number of allylic oxidation sites excluding steroid dienone is 1. The molecule has 4 rings (SSSR count). The Labute approximate surface area is 184 Å². The van der Waals surface area contributed by atoms with Crippen LogP contribution in [0.2, 0.25) is 0 Å². The molecular weight excluding hydrogens is 404 g/mol. The van der Waals surface area contributed by atoms with E-state index in [1.807, 2.05) is 0 Å². The van der Waals surface area contributed by atoms with Crippen molar-refractivity contribution < 1.29 is 26.2 Å². The number of hydrogen-bond donors (Lipinski definition) is 0. The summed E-state index contributed by atoms with van der Waals surface area (Å²) in [4.78, 5) is 0. The van der Waals surface area contributed by atoms with Gasteiger partial charge in [-0.25, -0.2) is 0 Å². The molecule has 2 aromatic rings. The quantitative estimate of drug-likeness (QED) is 0.455. The molecule has 2 aliphatic rings. The topological polar surface area (TPSA) is 0 Å². The van der Waals surface area contributed by atoms with Crippen LogP contribution in [0.5, 0.6) is 0 Å². The van der Waals surface area contributed by atoms with E-state index in [-0.39, 0.29) is 26.2 Å². The number of aryl methyl sites for hydroxylation is 2. The second-order valence-corrected chi connectivity index (χ2v) is 8.46. The summed E-state index contributed by atoms with van der Waals surface area (Å²) in [6.45, 7) is 4.53. The van der Waals surface area contributed by atoms with Gasteiger partial charge in [0.05, 0.1) is 0 Å². The molecular formula is C26H32Zr. The van der Waals surface area contributed by atoms with Crippen LogP contribution in [-0.2, 0) is 39.0 Å². The average Bonchev–Trinajstić information content (AvgIpc) is 3.08. The van der Waals surface area contributed by atoms with Crippen molar-refractivity contribution in [2.45, 2.75) is 71.6 Å². The fourth-order valence-electron chi connectivity index (χ4n) is 4.94. The summed E-state index contributed by atoms with van der Waals surface area (Å²) in [5, 5.41) is 0. The standard InChI is InChI=1S/C26H32.Zr/c1-3-7-20-11-13-23(14-12-20)24-15-10-19(2)25-17-22(18-26(24)25)16-21-8-5-4-6-9-21;/h10-15,18,21H,3-9,16-17H2,1-2H3;. The Kier molecular flexibility index (Phi) is 7.32. The van der Waals surface area contributed by atoms with E-state index in [4.69, 9.17) is 0 Å². The SMILES string of the molecule is CCCc1ccc(-c2ccc(C)c3c2C=C(CC2CCCCC2)C3)cc1.[Zr]. The van der Waals surface area contributed by atoms with Gasteiger partial charge < -0.3 is 0 Å². The van der Waals surface area contributed by atoms with Crippen LogP contribution in [-0.4, -0.2) is 0 Å². The number of rotatable bonds is 5. The van der Waals surface area contributed by atoms with Crippen LogP contribution in [0.1, 0.15) is 74.1 Å². The van der Waals surface area contributed by atoms with Crippen LogP contribution in [0, 0.1) is 12.8 Å². The van der Waals surface area contributed by atoms with Gasteiger partial charge in [-0.1, -0.05) is 93.5 Å². The Balaban J connectivity index is 0.00000210. The van der Waals surface area contributed by atoms with E-state index in [1.165, 1.54) is 85.6 Å². The second kappa shape index (κ2) is 9.51. The van der Waals surface area contributed by atoms with Gasteiger partial charge in [0.15, 0.2) is 0 Å². The minimum atomic E-state index is 0. The maximum absolute atomic E-state index is 2.53. The first-order valence-corrected chi connectivity index (χ1v) is 10.7. The summed E-state index contributed by atoms with van der Waals surface area (Å²) in [7, 11) is 0. The molecule has 0 radical (unpaired) electrons. The van der Waals surface area contributed by atoms with Crippen molar-refractivity contribution in [3.05, 3.63) is 64.2 Å². The molecule has 0 spiro atoms. The normalized spacial score (nSPS) is 16.6. The fraction of sp³-hybridized carbons (Fsp3) is 0.462. The van der Waals surface area contributed by atoms with Crippen molar-refractivity contribution in [3.8, 4) is 11.1 Å². The van der Waals surface area contributed by atoms with Crippen LogP contribution < -0.4 is 0 Å². The number of benzene rings is 2. The predicted octanol–water partition coefficient (Wildman–Crippen LogP) is 7.52. The van der Waals surface area contributed by atoms with Crippen molar-refractivity contribution in [3.63, 3.8) is 0 Å². The van der Waals surface area contributed by atoms with Crippen molar-refractivity contribution in [1.82, 2.24) is 0 Å². The molecule has 0 N–H and O–H groups in total. The molecule has 2 aliphatic carbocycles. The first-order valence-electron chi connectivity index (χ1n) is 10.7. The molecule has 0 nitrogen and oxygen atoms in total. The maximum Gasteiger partial charge on any atom is 0 e. The van der Waals surface area contributed by atoms with Gasteiger partial charge in [-0.05, 0) is 65.5 Å². The van der Waals surface area contributed by atoms with E-state index in [2.05, 4.69) is 56.3 Å². The molecule has 0 amide bonds. The minimum Gasteiger partial charge on any atom is -0.0651 e. The smallest absolute Gasteiger partial charge is 0 e. The van der Waals surface area contributed by atoms with Crippen LogP contribution in [0.15, 0.2) is 42.0 Å². The Morgan fingerprint density at radius 1 is 0.926 bits per heavy atom. The maximum atomic E-state index is 2.53. The summed E-state index contributed by atoms with van der Waals surface area (Å²) in [5.41, 5.74) is 10.5. The summed E-state index contributed by atoms with van der Waals surface area (Å²) in [5.74, 6) is 0.932. The van der Waals surface area contributed by atoms with E-state index >= 15 is 0 Å². The number of fused-ring (bicyclic) bond motifs is 1. The first-order chi connectivity index (χ1) is 12.7. The molecule has 0 heterocycles. The molecule has 0 aromatic heterocycles. The van der Waals surface area contributed by atoms with Gasteiger partial charge in [-0.3, -0.25) is 0 Å². The van der Waals surface area contributed by atoms with Gasteiger partial charge in [-0.15, -0.1) is 0 Å². The summed E-state index contributed by atoms with van der Waals surface area (Å²) in [6, 6.07) is 13.9. The van der Waals surface area contributed by atoms with Crippen molar-refractivity contribution in [1.29, 1.82) is 0 Å². The molecule has 0 atom stereocenters. The van der Waals surface area contributed by atoms with Gasteiger partial charge in [0.25, 0.3) is 0 Å². The van der Waals surface area contributed by atoms with E-state index in [0.29, 0.717) is 0 Å². The van der Waals surface area contributed by atoms with Crippen LogP contribution in [0.4, 0.5) is 0 Å². The molecule has 0 unspecified atom stereocenters. The third-order valence-corrected chi connectivity index (χ3v) is 6.42. The summed E-state index contributed by atoms with van der Waals surface area (Å²) >= 11 is 0. The fourth-order valence-corrected chi connectivity index (χ4v) is 4.94. The van der Waals surface area contributed by atoms with Gasteiger partial charge in [0.2, 0.25) is 0 Å². The van der Waals surface area contributed by atoms with Crippen molar-refractivity contribution >= 4 is 6.08 Å². The Hall–Kier alpha value is -0.937. The largest absolute Gasteiger partial charge is 0.0651 e. The van der Waals surface area contributed by atoms with Gasteiger partial charge in [0, 0.05) is 26.2 Å². The zero-order chi connectivity index (χ0) is 17.9. The monoisotopic (exact) mass is 434 g/mol. The Morgan fingerprint density at radius 2 is 1.67 bits per heavy atom. The first kappa shape index (κ1) is 20.8. The number of hydrogen-bond acceptors (Lipinski definition) is 0. The van der Waals surface area contributed by atoms with Gasteiger partial charge in [-0.2, -0.15) is 0 Å². The average molecular weight is 436 g/mol. The molecule has 140 valence electrons. The van der Waals surface area contributed by atoms with Crippen LogP contribution in [0.25, 0.3) is 17.2 Å². The van der Waals surface area contributed by atoms with E-state index in [0.717, 1.165) is 5.92 Å². The molecule has 0 aliphatic heterocycles. The minimum absolute atomic E-state index is 0. The molecule has 27 heavy (non-hydrogen) atoms. The van der Waals surface area contributed by atoms with Crippen LogP contribution in [0.3, 0.4) is 0 Å². The van der Waals surface area contributed by atoms with E-state index in [9.17, 15) is 0 Å². The third kappa shape index (κ3) is 4.73.